The number of amides is 3. The maximum Gasteiger partial charge on any atom is 0.410 e. The summed E-state index contributed by atoms with van der Waals surface area (Å²) in [4.78, 5) is 42.4. The molecule has 43 heavy (non-hydrogen) atoms. The van der Waals surface area contributed by atoms with Crippen molar-refractivity contribution in [1.82, 2.24) is 9.80 Å². The minimum absolute atomic E-state index is 0.0568. The number of likely N-dealkylation sites (tertiary alicyclic amines) is 1. The molecule has 2 heterocycles. The number of esters is 1. The monoisotopic (exact) mass is 621 g/mol. The topological polar surface area (TPSA) is 129 Å². The summed E-state index contributed by atoms with van der Waals surface area (Å²) < 4.78 is 51.3. The summed E-state index contributed by atoms with van der Waals surface area (Å²) in [5, 5.41) is 0. The second-order valence-corrected chi connectivity index (χ2v) is 14.1. The number of carbonyl (C=O) groups is 3. The van der Waals surface area contributed by atoms with Crippen LogP contribution in [0.3, 0.4) is 0 Å². The van der Waals surface area contributed by atoms with E-state index in [2.05, 4.69) is 4.74 Å². The first-order valence-electron chi connectivity index (χ1n) is 14.2. The van der Waals surface area contributed by atoms with Gasteiger partial charge in [-0.25, -0.2) is 18.8 Å². The van der Waals surface area contributed by atoms with Crippen molar-refractivity contribution < 1.29 is 42.1 Å². The summed E-state index contributed by atoms with van der Waals surface area (Å²) in [7, 11) is -1.51. The number of benzene rings is 2. The molecule has 0 saturated carbocycles. The van der Waals surface area contributed by atoms with Crippen LogP contribution in [0.1, 0.15) is 49.5 Å². The number of methoxy groups -OCH3 is 1. The second kappa shape index (κ2) is 13.4. The first kappa shape index (κ1) is 32.4. The van der Waals surface area contributed by atoms with Gasteiger partial charge in [-0.1, -0.05) is 6.07 Å². The average Bonchev–Trinajstić information content (AvgIpc) is 2.96. The molecule has 2 aromatic carbocycles. The minimum Gasteiger partial charge on any atom is -0.490 e. The van der Waals surface area contributed by atoms with Gasteiger partial charge >= 0.3 is 18.1 Å². The highest BCUT2D eigenvalue weighted by atomic mass is 32.3. The second-order valence-electron chi connectivity index (χ2n) is 11.6. The van der Waals surface area contributed by atoms with Crippen molar-refractivity contribution in [2.45, 2.75) is 51.9 Å². The van der Waals surface area contributed by atoms with E-state index in [1.807, 2.05) is 20.8 Å². The molecule has 0 aromatic heterocycles. The fourth-order valence-electron chi connectivity index (χ4n) is 4.83. The van der Waals surface area contributed by atoms with E-state index in [4.69, 9.17) is 9.47 Å². The zero-order valence-corrected chi connectivity index (χ0v) is 25.8. The van der Waals surface area contributed by atoms with Crippen molar-refractivity contribution in [2.24, 2.45) is 0 Å². The van der Waals surface area contributed by atoms with Crippen LogP contribution in [0.15, 0.2) is 42.5 Å². The molecule has 0 aliphatic carbocycles. The summed E-state index contributed by atoms with van der Waals surface area (Å²) in [5.41, 5.74) is 0.184. The highest BCUT2D eigenvalue weighted by molar-refractivity contribution is 8.24. The number of hydrogen-bond donors (Lipinski definition) is 2. The normalized spacial score (nSPS) is 18.0. The zero-order chi connectivity index (χ0) is 31.4. The molecule has 2 aliphatic heterocycles. The van der Waals surface area contributed by atoms with Gasteiger partial charge in [-0.3, -0.25) is 14.0 Å². The number of carbonyl (C=O) groups excluding carboxylic acids is 3. The number of piperidine rings is 1. The Morgan fingerprint density at radius 2 is 1.60 bits per heavy atom. The van der Waals surface area contributed by atoms with Crippen LogP contribution in [-0.2, 0) is 16.0 Å². The van der Waals surface area contributed by atoms with Crippen LogP contribution in [0.25, 0.3) is 0 Å². The first-order chi connectivity index (χ1) is 20.2. The molecule has 0 atom stereocenters. The third kappa shape index (κ3) is 8.74. The molecule has 4 rings (SSSR count). The van der Waals surface area contributed by atoms with Gasteiger partial charge in [-0.05, 0) is 57.2 Å². The van der Waals surface area contributed by atoms with Gasteiger partial charge in [0.25, 0.3) is 0 Å². The Labute approximate surface area is 252 Å². The van der Waals surface area contributed by atoms with E-state index >= 15 is 4.39 Å². The van der Waals surface area contributed by atoms with Gasteiger partial charge in [0.2, 0.25) is 0 Å². The van der Waals surface area contributed by atoms with E-state index in [-0.39, 0.29) is 54.5 Å². The number of urea groups is 1. The number of anilines is 1. The molecule has 3 amide bonds. The van der Waals surface area contributed by atoms with E-state index < -0.39 is 34.0 Å². The Balaban J connectivity index is 1.46. The van der Waals surface area contributed by atoms with Crippen LogP contribution >= 0.6 is 10.6 Å². The van der Waals surface area contributed by atoms with Gasteiger partial charge in [0.15, 0.2) is 0 Å². The maximum absolute atomic E-state index is 15.0. The van der Waals surface area contributed by atoms with Crippen LogP contribution in [0.2, 0.25) is 0 Å². The van der Waals surface area contributed by atoms with E-state index in [1.165, 1.54) is 29.0 Å². The van der Waals surface area contributed by atoms with Gasteiger partial charge in [-0.2, -0.15) is 10.6 Å². The lowest BCUT2D eigenvalue weighted by molar-refractivity contribution is 0.0126. The highest BCUT2D eigenvalue weighted by Crippen LogP contribution is 2.40. The van der Waals surface area contributed by atoms with Gasteiger partial charge < -0.3 is 24.0 Å². The quantitative estimate of drug-likeness (QED) is 0.400. The van der Waals surface area contributed by atoms with Crippen molar-refractivity contribution in [3.05, 3.63) is 59.4 Å². The van der Waals surface area contributed by atoms with Crippen LogP contribution < -0.4 is 9.64 Å². The summed E-state index contributed by atoms with van der Waals surface area (Å²) in [6.07, 6.45) is 0.842. The number of hydrogen-bond acceptors (Lipinski definition) is 8. The molecule has 236 valence electrons. The van der Waals surface area contributed by atoms with Crippen molar-refractivity contribution in [3.8, 4) is 5.75 Å². The van der Waals surface area contributed by atoms with E-state index in [9.17, 15) is 23.5 Å². The molecule has 2 saturated heterocycles. The van der Waals surface area contributed by atoms with Crippen molar-refractivity contribution in [2.75, 3.05) is 49.7 Å². The molecule has 0 bridgehead atoms. The van der Waals surface area contributed by atoms with Crippen molar-refractivity contribution in [3.63, 3.8) is 0 Å². The summed E-state index contributed by atoms with van der Waals surface area (Å²) in [6, 6.07) is 10.4. The molecule has 2 aliphatic rings. The number of rotatable bonds is 6. The maximum atomic E-state index is 15.0. The predicted octanol–water partition coefficient (Wildman–Crippen LogP) is 5.58. The van der Waals surface area contributed by atoms with Gasteiger partial charge in [0, 0.05) is 50.3 Å². The first-order valence-corrected chi connectivity index (χ1v) is 16.0. The summed E-state index contributed by atoms with van der Waals surface area (Å²) in [6.45, 7) is 6.72. The molecule has 2 N–H and O–H groups in total. The average molecular weight is 622 g/mol. The predicted molar refractivity (Wildman–Crippen MR) is 161 cm³/mol. The summed E-state index contributed by atoms with van der Waals surface area (Å²) in [5.74, 6) is -0.585. The lowest BCUT2D eigenvalue weighted by Crippen LogP contribution is -2.48. The Morgan fingerprint density at radius 3 is 2.16 bits per heavy atom. The molecule has 13 heteroatoms. The third-order valence-corrected chi connectivity index (χ3v) is 8.90. The molecule has 2 aromatic rings. The van der Waals surface area contributed by atoms with Gasteiger partial charge in [0.1, 0.15) is 23.3 Å². The SMILES string of the molecule is COC(=O)c1ccc(CN(C(=O)N2CCS(O)(O)CC2)c2ccc(OC3CCN(C(=O)OC(C)(C)C)CC3)cc2)c(F)c1. The molecule has 11 nitrogen and oxygen atoms in total. The van der Waals surface area contributed by atoms with Crippen molar-refractivity contribution in [1.29, 1.82) is 0 Å². The molecule has 0 spiro atoms. The van der Waals surface area contributed by atoms with Crippen LogP contribution in [0.5, 0.6) is 5.75 Å². The third-order valence-electron chi connectivity index (χ3n) is 7.23. The number of ether oxygens (including phenoxy) is 3. The largest absolute Gasteiger partial charge is 0.490 e. The Hall–Kier alpha value is -3.55. The number of halogens is 1. The Morgan fingerprint density at radius 1 is 0.977 bits per heavy atom. The smallest absolute Gasteiger partial charge is 0.410 e. The van der Waals surface area contributed by atoms with Gasteiger partial charge in [-0.15, -0.1) is 0 Å². The van der Waals surface area contributed by atoms with Crippen LogP contribution in [-0.4, -0.2) is 93.5 Å². The van der Waals surface area contributed by atoms with Gasteiger partial charge in [0.05, 0.1) is 30.7 Å². The Bertz CT molecular complexity index is 1300. The Kier molecular flexibility index (Phi) is 10.1. The molecule has 0 unspecified atom stereocenters. The summed E-state index contributed by atoms with van der Waals surface area (Å²) >= 11 is 0. The van der Waals surface area contributed by atoms with Crippen LogP contribution in [0.4, 0.5) is 19.7 Å². The van der Waals surface area contributed by atoms with E-state index in [1.54, 1.807) is 29.2 Å². The fraction of sp³-hybridized carbons (Fsp3) is 0.500. The van der Waals surface area contributed by atoms with E-state index in [0.29, 0.717) is 37.4 Å². The van der Waals surface area contributed by atoms with Crippen molar-refractivity contribution >= 4 is 34.4 Å². The molecule has 2 fully saturated rings. The fourth-order valence-corrected chi connectivity index (χ4v) is 6.06. The molecular formula is C30H40FN3O8S. The zero-order valence-electron chi connectivity index (χ0n) is 25.0. The molecule has 0 radical (unpaired) electrons. The standard InChI is InChI=1S/C30H40FN3O8S/c1-30(2,3)42-29(37)33-13-11-25(12-14-33)41-24-9-7-23(8-10-24)34(28(36)32-15-17-43(38,39)18-16-32)20-22-6-5-21(19-26(22)31)27(35)40-4/h5-10,19,25,38-39H,11-18,20H2,1-4H3. The lowest BCUT2D eigenvalue weighted by atomic mass is 10.1. The minimum atomic E-state index is -2.72. The lowest BCUT2D eigenvalue weighted by Gasteiger charge is -2.42. The van der Waals surface area contributed by atoms with Crippen LogP contribution in [0, 0.1) is 5.82 Å². The molecular weight excluding hydrogens is 581 g/mol. The number of nitrogens with zero attached hydrogens (tertiary/aromatic N) is 3. The highest BCUT2D eigenvalue weighted by Gasteiger charge is 2.31. The van der Waals surface area contributed by atoms with E-state index in [0.717, 1.165) is 6.07 Å².